The molecule has 1 aliphatic carbocycles. The zero-order chi connectivity index (χ0) is 13.3. The molecule has 1 saturated carbocycles. The van der Waals surface area contributed by atoms with E-state index in [9.17, 15) is 14.9 Å². The van der Waals surface area contributed by atoms with E-state index in [4.69, 9.17) is 5.11 Å². The van der Waals surface area contributed by atoms with Crippen LogP contribution in [0.4, 0.5) is 11.5 Å². The van der Waals surface area contributed by atoms with E-state index in [1.807, 2.05) is 0 Å². The Morgan fingerprint density at radius 1 is 1.61 bits per heavy atom. The van der Waals surface area contributed by atoms with Crippen LogP contribution >= 0.6 is 0 Å². The monoisotopic (exact) mass is 251 g/mol. The molecule has 1 aromatic heterocycles. The molecule has 2 rings (SSSR count). The van der Waals surface area contributed by atoms with Crippen LogP contribution in [-0.2, 0) is 0 Å². The molecule has 0 unspecified atom stereocenters. The SMILES string of the molecule is CC1(CNc2nc(C(=O)O)ccc2[N+](=O)[O-])CC1. The Balaban J connectivity index is 2.25. The topological polar surface area (TPSA) is 105 Å². The minimum absolute atomic E-state index is 0.0213. The maximum absolute atomic E-state index is 10.8. The molecule has 1 heterocycles. The molecular weight excluding hydrogens is 238 g/mol. The molecule has 0 saturated heterocycles. The van der Waals surface area contributed by atoms with Crippen molar-refractivity contribution in [2.24, 2.45) is 5.41 Å². The molecule has 7 heteroatoms. The summed E-state index contributed by atoms with van der Waals surface area (Å²) in [4.78, 5) is 24.8. The quantitative estimate of drug-likeness (QED) is 0.611. The molecule has 0 amide bonds. The summed E-state index contributed by atoms with van der Waals surface area (Å²) >= 11 is 0. The Hall–Kier alpha value is -2.18. The number of carbonyl (C=O) groups is 1. The molecule has 1 aliphatic rings. The minimum Gasteiger partial charge on any atom is -0.477 e. The van der Waals surface area contributed by atoms with Gasteiger partial charge in [-0.15, -0.1) is 0 Å². The Labute approximate surface area is 103 Å². The Morgan fingerprint density at radius 3 is 2.78 bits per heavy atom. The van der Waals surface area contributed by atoms with Crippen molar-refractivity contribution in [3.63, 3.8) is 0 Å². The Bertz CT molecular complexity index is 511. The van der Waals surface area contributed by atoms with Crippen molar-refractivity contribution in [1.29, 1.82) is 0 Å². The van der Waals surface area contributed by atoms with Crippen LogP contribution in [0.1, 0.15) is 30.3 Å². The highest BCUT2D eigenvalue weighted by Crippen LogP contribution is 2.45. The van der Waals surface area contributed by atoms with E-state index >= 15 is 0 Å². The summed E-state index contributed by atoms with van der Waals surface area (Å²) in [5, 5.41) is 22.5. The van der Waals surface area contributed by atoms with Gasteiger partial charge in [-0.05, 0) is 24.3 Å². The number of nitrogens with zero attached hydrogens (tertiary/aromatic N) is 2. The predicted octanol–water partition coefficient (Wildman–Crippen LogP) is 1.90. The summed E-state index contributed by atoms with van der Waals surface area (Å²) in [5.41, 5.74) is -0.261. The Kier molecular flexibility index (Phi) is 2.90. The van der Waals surface area contributed by atoms with Crippen molar-refractivity contribution in [1.82, 2.24) is 4.98 Å². The molecule has 0 radical (unpaired) electrons. The number of aromatic nitrogens is 1. The molecule has 7 nitrogen and oxygen atoms in total. The number of nitro groups is 1. The zero-order valence-corrected chi connectivity index (χ0v) is 9.84. The summed E-state index contributed by atoms with van der Waals surface area (Å²) in [6.07, 6.45) is 2.12. The molecule has 0 spiro atoms. The first-order valence-electron chi connectivity index (χ1n) is 5.54. The largest absolute Gasteiger partial charge is 0.477 e. The van der Waals surface area contributed by atoms with Gasteiger partial charge in [0, 0.05) is 12.6 Å². The molecule has 0 aliphatic heterocycles. The lowest BCUT2D eigenvalue weighted by atomic mass is 10.1. The van der Waals surface area contributed by atoms with E-state index in [0.717, 1.165) is 25.0 Å². The summed E-state index contributed by atoms with van der Waals surface area (Å²) < 4.78 is 0. The van der Waals surface area contributed by atoms with Crippen molar-refractivity contribution in [3.8, 4) is 0 Å². The van der Waals surface area contributed by atoms with Crippen molar-refractivity contribution in [3.05, 3.63) is 27.9 Å². The van der Waals surface area contributed by atoms with Crippen LogP contribution < -0.4 is 5.32 Å². The number of pyridine rings is 1. The highest BCUT2D eigenvalue weighted by Gasteiger charge is 2.37. The molecule has 1 aromatic rings. The maximum atomic E-state index is 10.8. The van der Waals surface area contributed by atoms with Crippen molar-refractivity contribution in [2.45, 2.75) is 19.8 Å². The molecule has 18 heavy (non-hydrogen) atoms. The molecule has 0 atom stereocenters. The smallest absolute Gasteiger partial charge is 0.354 e. The molecular formula is C11H13N3O4. The van der Waals surface area contributed by atoms with Gasteiger partial charge in [0.05, 0.1) is 4.92 Å². The molecule has 0 aromatic carbocycles. The van der Waals surface area contributed by atoms with Gasteiger partial charge in [-0.3, -0.25) is 10.1 Å². The number of hydrogen-bond donors (Lipinski definition) is 2. The summed E-state index contributed by atoms with van der Waals surface area (Å²) in [6.45, 7) is 2.62. The average molecular weight is 251 g/mol. The number of carboxylic acids is 1. The highest BCUT2D eigenvalue weighted by molar-refractivity contribution is 5.86. The van der Waals surface area contributed by atoms with Crippen LogP contribution in [0.15, 0.2) is 12.1 Å². The van der Waals surface area contributed by atoms with Crippen molar-refractivity contribution < 1.29 is 14.8 Å². The third-order valence-electron chi connectivity index (χ3n) is 3.08. The second kappa shape index (κ2) is 4.25. The summed E-state index contributed by atoms with van der Waals surface area (Å²) in [6, 6.07) is 2.29. The zero-order valence-electron chi connectivity index (χ0n) is 9.84. The third-order valence-corrected chi connectivity index (χ3v) is 3.08. The van der Waals surface area contributed by atoms with E-state index in [-0.39, 0.29) is 22.6 Å². The first kappa shape index (κ1) is 12.3. The van der Waals surface area contributed by atoms with Gasteiger partial charge < -0.3 is 10.4 Å². The van der Waals surface area contributed by atoms with E-state index in [2.05, 4.69) is 17.2 Å². The van der Waals surface area contributed by atoms with Gasteiger partial charge >= 0.3 is 11.7 Å². The van der Waals surface area contributed by atoms with Crippen LogP contribution in [0.2, 0.25) is 0 Å². The lowest BCUT2D eigenvalue weighted by molar-refractivity contribution is -0.384. The van der Waals surface area contributed by atoms with E-state index in [1.165, 1.54) is 0 Å². The number of rotatable bonds is 5. The lowest BCUT2D eigenvalue weighted by Gasteiger charge is -2.11. The summed E-state index contributed by atoms with van der Waals surface area (Å²) in [7, 11) is 0. The number of hydrogen-bond acceptors (Lipinski definition) is 5. The second-order valence-electron chi connectivity index (χ2n) is 4.79. The molecule has 2 N–H and O–H groups in total. The van der Waals surface area contributed by atoms with Crippen LogP contribution in [0.5, 0.6) is 0 Å². The lowest BCUT2D eigenvalue weighted by Crippen LogP contribution is -2.15. The van der Waals surface area contributed by atoms with Crippen LogP contribution in [-0.4, -0.2) is 27.5 Å². The predicted molar refractivity (Wildman–Crippen MR) is 63.7 cm³/mol. The fourth-order valence-electron chi connectivity index (χ4n) is 1.54. The van der Waals surface area contributed by atoms with Crippen LogP contribution in [0, 0.1) is 15.5 Å². The van der Waals surface area contributed by atoms with Gasteiger partial charge in [0.25, 0.3) is 0 Å². The van der Waals surface area contributed by atoms with Crippen LogP contribution in [0.3, 0.4) is 0 Å². The standard InChI is InChI=1S/C11H13N3O4/c1-11(4-5-11)6-12-9-8(14(17)18)3-2-7(13-9)10(15)16/h2-3H,4-6H2,1H3,(H,12,13)(H,15,16). The first-order chi connectivity index (χ1) is 8.41. The van der Waals surface area contributed by atoms with Gasteiger partial charge in [-0.1, -0.05) is 6.92 Å². The number of carboxylic acid groups (broad SMARTS) is 1. The fourth-order valence-corrected chi connectivity index (χ4v) is 1.54. The molecule has 96 valence electrons. The highest BCUT2D eigenvalue weighted by atomic mass is 16.6. The first-order valence-corrected chi connectivity index (χ1v) is 5.54. The van der Waals surface area contributed by atoms with Gasteiger partial charge in [-0.25, -0.2) is 9.78 Å². The Morgan fingerprint density at radius 2 is 2.28 bits per heavy atom. The third kappa shape index (κ3) is 2.55. The van der Waals surface area contributed by atoms with E-state index in [0.29, 0.717) is 6.54 Å². The fraction of sp³-hybridized carbons (Fsp3) is 0.455. The van der Waals surface area contributed by atoms with Gasteiger partial charge in [0.15, 0.2) is 5.69 Å². The second-order valence-corrected chi connectivity index (χ2v) is 4.79. The van der Waals surface area contributed by atoms with Crippen molar-refractivity contribution >= 4 is 17.5 Å². The molecule has 0 bridgehead atoms. The van der Waals surface area contributed by atoms with Gasteiger partial charge in [-0.2, -0.15) is 0 Å². The van der Waals surface area contributed by atoms with Gasteiger partial charge in [0.1, 0.15) is 0 Å². The van der Waals surface area contributed by atoms with Gasteiger partial charge in [0.2, 0.25) is 5.82 Å². The average Bonchev–Trinajstić information content (AvgIpc) is 3.04. The van der Waals surface area contributed by atoms with Crippen LogP contribution in [0.25, 0.3) is 0 Å². The normalized spacial score (nSPS) is 16.1. The number of aromatic carboxylic acids is 1. The maximum Gasteiger partial charge on any atom is 0.354 e. The molecule has 1 fully saturated rings. The number of nitrogens with one attached hydrogen (secondary N) is 1. The van der Waals surface area contributed by atoms with E-state index < -0.39 is 10.9 Å². The van der Waals surface area contributed by atoms with E-state index in [1.54, 1.807) is 0 Å². The summed E-state index contributed by atoms with van der Waals surface area (Å²) in [5.74, 6) is -1.18. The number of anilines is 1. The minimum atomic E-state index is -1.20. The van der Waals surface area contributed by atoms with Crippen molar-refractivity contribution in [2.75, 3.05) is 11.9 Å².